The molecule has 0 radical (unpaired) electrons. The number of ether oxygens (including phenoxy) is 2. The first-order valence-electron chi connectivity index (χ1n) is 23.6. The summed E-state index contributed by atoms with van der Waals surface area (Å²) in [5, 5.41) is 0. The Morgan fingerprint density at radius 3 is 1.28 bits per heavy atom. The van der Waals surface area contributed by atoms with Crippen molar-refractivity contribution in [2.75, 3.05) is 23.0 Å². The van der Waals surface area contributed by atoms with Crippen molar-refractivity contribution in [2.24, 2.45) is 11.8 Å². The van der Waals surface area contributed by atoms with E-state index in [2.05, 4.69) is 13.8 Å². The number of carbonyl (C=O) groups excluding carboxylic acids is 3. The molecule has 0 amide bonds. The Hall–Kier alpha value is -0.690. The minimum Gasteiger partial charge on any atom is -0.461 e. The van der Waals surface area contributed by atoms with E-state index in [9.17, 15) is 14.4 Å². The first-order valence-corrected chi connectivity index (χ1v) is 25.9. The SMILES string of the molecule is CCCCCCC(=O)OC(CCCC1CCCCC1)CSCCCCCC(=O)CCCCCSCC(CCCC1CCCCC1)OC(=O)CCCCCC. The van der Waals surface area contributed by atoms with E-state index in [-0.39, 0.29) is 24.1 Å². The van der Waals surface area contributed by atoms with Gasteiger partial charge in [-0.05, 0) is 87.5 Å². The fraction of sp³-hybridized carbons (Fsp3) is 0.936. The van der Waals surface area contributed by atoms with Gasteiger partial charge >= 0.3 is 11.9 Å². The molecule has 2 atom stereocenters. The summed E-state index contributed by atoms with van der Waals surface area (Å²) in [7, 11) is 0. The Balaban J connectivity index is 1.52. The molecule has 2 rings (SSSR count). The minimum absolute atomic E-state index is 0.00149. The predicted molar refractivity (Wildman–Crippen MR) is 235 cm³/mol. The van der Waals surface area contributed by atoms with Crippen molar-refractivity contribution in [3.8, 4) is 0 Å². The zero-order chi connectivity index (χ0) is 38.7. The summed E-state index contributed by atoms with van der Waals surface area (Å²) in [6.45, 7) is 4.40. The maximum absolute atomic E-state index is 12.6. The average Bonchev–Trinajstić information content (AvgIpc) is 3.18. The minimum atomic E-state index is 0.00149. The second-order valence-corrected chi connectivity index (χ2v) is 19.3. The van der Waals surface area contributed by atoms with Gasteiger partial charge in [0.05, 0.1) is 0 Å². The highest BCUT2D eigenvalue weighted by atomic mass is 32.2. The number of unbranched alkanes of at least 4 members (excludes halogenated alkanes) is 10. The van der Waals surface area contributed by atoms with Gasteiger partial charge < -0.3 is 9.47 Å². The van der Waals surface area contributed by atoms with Gasteiger partial charge in [0.15, 0.2) is 0 Å². The van der Waals surface area contributed by atoms with Gasteiger partial charge in [0.1, 0.15) is 18.0 Å². The van der Waals surface area contributed by atoms with Crippen LogP contribution >= 0.6 is 23.5 Å². The van der Waals surface area contributed by atoms with Crippen LogP contribution in [0.5, 0.6) is 0 Å². The maximum Gasteiger partial charge on any atom is 0.306 e. The number of hydrogen-bond acceptors (Lipinski definition) is 7. The molecule has 2 aliphatic carbocycles. The summed E-state index contributed by atoms with van der Waals surface area (Å²) in [6, 6.07) is 0. The van der Waals surface area contributed by atoms with Crippen molar-refractivity contribution in [2.45, 2.75) is 244 Å². The second-order valence-electron chi connectivity index (χ2n) is 17.0. The Bertz CT molecular complexity index is 831. The summed E-state index contributed by atoms with van der Waals surface area (Å²) >= 11 is 3.87. The largest absolute Gasteiger partial charge is 0.461 e. The summed E-state index contributed by atoms with van der Waals surface area (Å²) in [6.07, 6.45) is 38.9. The van der Waals surface area contributed by atoms with E-state index in [0.717, 1.165) is 112 Å². The quantitative estimate of drug-likeness (QED) is 0.0462. The fourth-order valence-corrected chi connectivity index (χ4v) is 10.6. The van der Waals surface area contributed by atoms with Crippen LogP contribution in [0.4, 0.5) is 0 Å². The highest BCUT2D eigenvalue weighted by molar-refractivity contribution is 7.99. The first-order chi connectivity index (χ1) is 26.5. The van der Waals surface area contributed by atoms with Crippen LogP contribution in [0.3, 0.4) is 0 Å². The molecule has 0 aromatic heterocycles. The molecule has 0 aliphatic heterocycles. The summed E-state index contributed by atoms with van der Waals surface area (Å²) in [5.41, 5.74) is 0. The molecule has 0 aromatic rings. The molecule has 0 bridgehead atoms. The van der Waals surface area contributed by atoms with Crippen LogP contribution in [-0.2, 0) is 23.9 Å². The highest BCUT2D eigenvalue weighted by Gasteiger charge is 2.19. The smallest absolute Gasteiger partial charge is 0.306 e. The molecule has 0 aromatic carbocycles. The second kappa shape index (κ2) is 35.5. The van der Waals surface area contributed by atoms with Crippen molar-refractivity contribution in [3.05, 3.63) is 0 Å². The number of ketones is 1. The van der Waals surface area contributed by atoms with E-state index >= 15 is 0 Å². The normalized spacial score (nSPS) is 16.6. The number of esters is 2. The predicted octanol–water partition coefficient (Wildman–Crippen LogP) is 14.4. The molecule has 0 heterocycles. The van der Waals surface area contributed by atoms with Gasteiger partial charge in [0.25, 0.3) is 0 Å². The van der Waals surface area contributed by atoms with Gasteiger partial charge in [0.2, 0.25) is 0 Å². The Kier molecular flexibility index (Phi) is 32.5. The van der Waals surface area contributed by atoms with Crippen molar-refractivity contribution in [1.29, 1.82) is 0 Å². The lowest BCUT2D eigenvalue weighted by Gasteiger charge is -2.23. The van der Waals surface area contributed by atoms with Gasteiger partial charge in [-0.2, -0.15) is 23.5 Å². The molecule has 54 heavy (non-hydrogen) atoms. The van der Waals surface area contributed by atoms with Crippen molar-refractivity contribution >= 4 is 41.2 Å². The van der Waals surface area contributed by atoms with Gasteiger partial charge in [-0.15, -0.1) is 0 Å². The lowest BCUT2D eigenvalue weighted by molar-refractivity contribution is -0.149. The number of rotatable bonds is 36. The lowest BCUT2D eigenvalue weighted by atomic mass is 9.85. The molecule has 2 fully saturated rings. The third kappa shape index (κ3) is 28.7. The topological polar surface area (TPSA) is 69.7 Å². The van der Waals surface area contributed by atoms with Crippen LogP contribution in [0.1, 0.15) is 232 Å². The number of carbonyl (C=O) groups is 3. The van der Waals surface area contributed by atoms with E-state index < -0.39 is 0 Å². The monoisotopic (exact) mass is 795 g/mol. The molecule has 2 aliphatic rings. The third-order valence-electron chi connectivity index (χ3n) is 11.9. The molecule has 0 spiro atoms. The van der Waals surface area contributed by atoms with Crippen LogP contribution in [0.2, 0.25) is 0 Å². The molecule has 5 nitrogen and oxygen atoms in total. The summed E-state index contributed by atoms with van der Waals surface area (Å²) < 4.78 is 12.0. The van der Waals surface area contributed by atoms with Crippen LogP contribution in [-0.4, -0.2) is 52.9 Å². The fourth-order valence-electron chi connectivity index (χ4n) is 8.42. The molecule has 316 valence electrons. The third-order valence-corrected chi connectivity index (χ3v) is 14.3. The highest BCUT2D eigenvalue weighted by Crippen LogP contribution is 2.30. The van der Waals surface area contributed by atoms with Crippen LogP contribution in [0, 0.1) is 11.8 Å². The molecule has 0 N–H and O–H groups in total. The zero-order valence-electron chi connectivity index (χ0n) is 35.5. The van der Waals surface area contributed by atoms with E-state index in [1.165, 1.54) is 116 Å². The van der Waals surface area contributed by atoms with Gasteiger partial charge in [-0.1, -0.05) is 142 Å². The zero-order valence-corrected chi connectivity index (χ0v) is 37.2. The molecule has 7 heteroatoms. The summed E-state index contributed by atoms with van der Waals surface area (Å²) in [4.78, 5) is 37.7. The van der Waals surface area contributed by atoms with E-state index in [4.69, 9.17) is 9.47 Å². The lowest BCUT2D eigenvalue weighted by Crippen LogP contribution is -2.21. The van der Waals surface area contributed by atoms with E-state index in [1.54, 1.807) is 0 Å². The van der Waals surface area contributed by atoms with Crippen molar-refractivity contribution in [1.82, 2.24) is 0 Å². The standard InChI is InChI=1S/C47H86O5S2/c1-3-5-7-19-35-46(49)51-44(33-23-29-41-25-13-9-14-26-41)39-53-37-21-11-17-31-43(48)32-18-12-22-38-54-40-45(52-47(50)36-20-8-6-4-2)34-24-30-42-27-15-10-16-28-42/h41-42,44-45H,3-40H2,1-2H3. The average molecular weight is 795 g/mol. The van der Waals surface area contributed by atoms with Crippen LogP contribution < -0.4 is 0 Å². The Morgan fingerprint density at radius 1 is 0.481 bits per heavy atom. The Labute approximate surface area is 342 Å². The molecule has 2 saturated carbocycles. The van der Waals surface area contributed by atoms with Crippen LogP contribution in [0.25, 0.3) is 0 Å². The molecule has 2 unspecified atom stereocenters. The maximum atomic E-state index is 12.6. The van der Waals surface area contributed by atoms with Crippen LogP contribution in [0.15, 0.2) is 0 Å². The van der Waals surface area contributed by atoms with Gasteiger partial charge in [-0.3, -0.25) is 14.4 Å². The van der Waals surface area contributed by atoms with Gasteiger partial charge in [0, 0.05) is 37.2 Å². The number of Topliss-reactive ketones (excluding diaryl/α,β-unsaturated/α-hetero) is 1. The molecular formula is C47H86O5S2. The van der Waals surface area contributed by atoms with Crippen molar-refractivity contribution < 1.29 is 23.9 Å². The van der Waals surface area contributed by atoms with E-state index in [0.29, 0.717) is 31.5 Å². The molecule has 0 saturated heterocycles. The van der Waals surface area contributed by atoms with Gasteiger partial charge in [-0.25, -0.2) is 0 Å². The van der Waals surface area contributed by atoms with Crippen molar-refractivity contribution in [3.63, 3.8) is 0 Å². The number of hydrogen-bond donors (Lipinski definition) is 0. The number of thioether (sulfide) groups is 2. The van der Waals surface area contributed by atoms with E-state index in [1.807, 2.05) is 23.5 Å². The first kappa shape index (κ1) is 49.5. The Morgan fingerprint density at radius 2 is 0.870 bits per heavy atom. The molecular weight excluding hydrogens is 709 g/mol. The summed E-state index contributed by atoms with van der Waals surface area (Å²) in [5.74, 6) is 6.18.